The number of hydrogen-bond acceptors (Lipinski definition) is 1. The van der Waals surface area contributed by atoms with E-state index in [1.165, 1.54) is 10.5 Å². The summed E-state index contributed by atoms with van der Waals surface area (Å²) in [6.07, 6.45) is 0. The molecule has 0 N–H and O–H groups in total. The second-order valence-electron chi connectivity index (χ2n) is 2.36. The van der Waals surface area contributed by atoms with Crippen LogP contribution in [0.15, 0.2) is 21.9 Å². The lowest BCUT2D eigenvalue weighted by molar-refractivity contribution is 1.35. The Kier molecular flexibility index (Phi) is 3.79. The second-order valence-corrected chi connectivity index (χ2v) is 3.87. The summed E-state index contributed by atoms with van der Waals surface area (Å²) in [6.45, 7) is 10.2. The molecule has 0 aliphatic rings. The highest BCUT2D eigenvalue weighted by atomic mass is 32.2. The number of thioether (sulfide) groups is 1. The molecule has 2 heteroatoms. The number of hydrogen-bond donors (Lipinski definition) is 0. The van der Waals surface area contributed by atoms with Crippen molar-refractivity contribution < 1.29 is 0 Å². The molecule has 9 heavy (non-hydrogen) atoms. The smallest absolute Gasteiger partial charge is 0.111 e. The maximum absolute atomic E-state index is 3.81. The van der Waals surface area contributed by atoms with E-state index in [4.69, 9.17) is 0 Å². The van der Waals surface area contributed by atoms with Gasteiger partial charge in [-0.15, -0.1) is 11.8 Å². The molecule has 0 aromatic heterocycles. The van der Waals surface area contributed by atoms with E-state index < -0.39 is 0 Å². The first kappa shape index (κ1) is 8.89. The van der Waals surface area contributed by atoms with Crippen LogP contribution >= 0.6 is 11.8 Å². The van der Waals surface area contributed by atoms with Crippen molar-refractivity contribution in [2.75, 3.05) is 0 Å². The zero-order valence-corrected chi connectivity index (χ0v) is 7.43. The Morgan fingerprint density at radius 2 is 1.78 bits per heavy atom. The highest BCUT2D eigenvalue weighted by Gasteiger charge is 1.91. The van der Waals surface area contributed by atoms with E-state index in [0.29, 0.717) is 0 Å². The molecule has 0 aliphatic carbocycles. The van der Waals surface area contributed by atoms with Gasteiger partial charge >= 0.3 is 0 Å². The molecule has 0 saturated carbocycles. The van der Waals surface area contributed by atoms with Crippen LogP contribution < -0.4 is 0 Å². The highest BCUT2D eigenvalue weighted by Crippen LogP contribution is 2.23. The molecule has 0 radical (unpaired) electrons. The summed E-state index contributed by atoms with van der Waals surface area (Å²) in [7, 11) is 2.02. The van der Waals surface area contributed by atoms with Gasteiger partial charge in [-0.3, -0.25) is 0 Å². The van der Waals surface area contributed by atoms with E-state index in [1.807, 2.05) is 7.85 Å². The van der Waals surface area contributed by atoms with Crippen molar-refractivity contribution in [3.63, 3.8) is 0 Å². The molecule has 0 saturated heterocycles. The van der Waals surface area contributed by atoms with Gasteiger partial charge in [-0.05, 0) is 25.7 Å². The zero-order chi connectivity index (χ0) is 7.44. The molecule has 0 heterocycles. The van der Waals surface area contributed by atoms with Gasteiger partial charge in [-0.25, -0.2) is 0 Å². The minimum atomic E-state index is 1.16. The van der Waals surface area contributed by atoms with Crippen LogP contribution in [0.5, 0.6) is 0 Å². The normalized spacial score (nSPS) is 8.78. The zero-order valence-electron chi connectivity index (χ0n) is 6.62. The van der Waals surface area contributed by atoms with E-state index in [2.05, 4.69) is 27.4 Å². The minimum absolute atomic E-state index is 1.16. The number of allylic oxidation sites excluding steroid dienone is 2. The van der Waals surface area contributed by atoms with Gasteiger partial charge in [0.25, 0.3) is 0 Å². The van der Waals surface area contributed by atoms with Gasteiger partial charge in [0.2, 0.25) is 0 Å². The summed E-state index contributed by atoms with van der Waals surface area (Å²) in [5.74, 6) is 0. The van der Waals surface area contributed by atoms with Gasteiger partial charge in [0, 0.05) is 0 Å². The molecule has 0 aromatic carbocycles. The molecule has 0 amide bonds. The van der Waals surface area contributed by atoms with Crippen LogP contribution in [0.25, 0.3) is 0 Å². The predicted molar refractivity (Wildman–Crippen MR) is 49.3 cm³/mol. The Bertz CT molecular complexity index is 143. The van der Waals surface area contributed by atoms with Crippen LogP contribution in [0.1, 0.15) is 20.8 Å². The Morgan fingerprint density at radius 1 is 1.33 bits per heavy atom. The van der Waals surface area contributed by atoms with Crippen molar-refractivity contribution in [2.24, 2.45) is 0 Å². The Balaban J connectivity index is 3.92. The topological polar surface area (TPSA) is 0 Å². The van der Waals surface area contributed by atoms with Crippen LogP contribution in [0.3, 0.4) is 0 Å². The third-order valence-corrected chi connectivity index (χ3v) is 2.09. The lowest BCUT2D eigenvalue weighted by Gasteiger charge is -2.00. The fourth-order valence-corrected chi connectivity index (χ4v) is 1.09. The molecule has 0 atom stereocenters. The van der Waals surface area contributed by atoms with Crippen LogP contribution in [-0.2, 0) is 0 Å². The Hall–Kier alpha value is -0.105. The standard InChI is InChI=1S/C7H13BS/c1-5(2)6(3)9-7(4)8/h4,8H2,1-3H3. The molecule has 0 nitrogen and oxygen atoms in total. The van der Waals surface area contributed by atoms with Crippen LogP contribution in [0, 0.1) is 0 Å². The van der Waals surface area contributed by atoms with Crippen molar-refractivity contribution >= 4 is 19.6 Å². The van der Waals surface area contributed by atoms with E-state index in [1.54, 1.807) is 11.8 Å². The van der Waals surface area contributed by atoms with Crippen molar-refractivity contribution in [1.29, 1.82) is 0 Å². The fraction of sp³-hybridized carbons (Fsp3) is 0.429. The van der Waals surface area contributed by atoms with Gasteiger partial charge in [0.1, 0.15) is 7.85 Å². The molecule has 0 aromatic rings. The molecule has 0 rings (SSSR count). The monoisotopic (exact) mass is 140 g/mol. The summed E-state index contributed by atoms with van der Waals surface area (Å²) in [5.41, 5.74) is 1.38. The van der Waals surface area contributed by atoms with Gasteiger partial charge in [0.05, 0.1) is 0 Å². The first-order chi connectivity index (χ1) is 4.04. The quantitative estimate of drug-likeness (QED) is 0.529. The largest absolute Gasteiger partial charge is 0.147 e. The van der Waals surface area contributed by atoms with Crippen LogP contribution in [0.4, 0.5) is 0 Å². The summed E-state index contributed by atoms with van der Waals surface area (Å²) < 4.78 is 0. The summed E-state index contributed by atoms with van der Waals surface area (Å²) >= 11 is 1.75. The molecule has 0 spiro atoms. The van der Waals surface area contributed by atoms with E-state index in [9.17, 15) is 0 Å². The first-order valence-corrected chi connectivity index (χ1v) is 3.83. The average molecular weight is 140 g/mol. The van der Waals surface area contributed by atoms with Gasteiger partial charge in [-0.2, -0.15) is 0 Å². The van der Waals surface area contributed by atoms with Gasteiger partial charge < -0.3 is 0 Å². The summed E-state index contributed by atoms with van der Waals surface area (Å²) in [5, 5.41) is 0. The highest BCUT2D eigenvalue weighted by molar-refractivity contribution is 8.07. The minimum Gasteiger partial charge on any atom is -0.111 e. The predicted octanol–water partition coefficient (Wildman–Crippen LogP) is 2.14. The van der Waals surface area contributed by atoms with Crippen molar-refractivity contribution in [2.45, 2.75) is 20.8 Å². The van der Waals surface area contributed by atoms with Crippen molar-refractivity contribution in [3.8, 4) is 0 Å². The summed E-state index contributed by atoms with van der Waals surface area (Å²) in [6, 6.07) is 0. The van der Waals surface area contributed by atoms with E-state index in [-0.39, 0.29) is 0 Å². The molecule has 0 fully saturated rings. The number of rotatable bonds is 2. The third kappa shape index (κ3) is 4.40. The van der Waals surface area contributed by atoms with E-state index >= 15 is 0 Å². The molecular formula is C7H13BS. The van der Waals surface area contributed by atoms with Crippen LogP contribution in [-0.4, -0.2) is 7.85 Å². The van der Waals surface area contributed by atoms with Gasteiger partial charge in [0.15, 0.2) is 0 Å². The molecule has 0 aliphatic heterocycles. The third-order valence-electron chi connectivity index (χ3n) is 1.03. The van der Waals surface area contributed by atoms with Crippen molar-refractivity contribution in [3.05, 3.63) is 21.9 Å². The maximum atomic E-state index is 3.81. The Morgan fingerprint density at radius 3 is 1.89 bits per heavy atom. The fourth-order valence-electron chi connectivity index (χ4n) is 0.363. The SMILES string of the molecule is BC(=C)SC(C)=C(C)C. The van der Waals surface area contributed by atoms with Crippen molar-refractivity contribution in [1.82, 2.24) is 0 Å². The molecule has 0 bridgehead atoms. The lowest BCUT2D eigenvalue weighted by atomic mass is 10.2. The van der Waals surface area contributed by atoms with Crippen LogP contribution in [0.2, 0.25) is 0 Å². The molecule has 50 valence electrons. The summed E-state index contributed by atoms with van der Waals surface area (Å²) in [4.78, 5) is 2.52. The Labute approximate surface area is 62.8 Å². The van der Waals surface area contributed by atoms with E-state index in [0.717, 1.165) is 4.80 Å². The maximum Gasteiger partial charge on any atom is 0.147 e. The second kappa shape index (κ2) is 3.83. The molecular weight excluding hydrogens is 127 g/mol. The first-order valence-electron chi connectivity index (χ1n) is 3.01. The molecule has 0 unspecified atom stereocenters. The lowest BCUT2D eigenvalue weighted by Crippen LogP contribution is -1.74. The average Bonchev–Trinajstić information content (AvgIpc) is 1.63. The van der Waals surface area contributed by atoms with Gasteiger partial charge in [-0.1, -0.05) is 17.0 Å².